The van der Waals surface area contributed by atoms with Gasteiger partial charge in [-0.1, -0.05) is 12.1 Å². The van der Waals surface area contributed by atoms with Gasteiger partial charge in [-0.2, -0.15) is 13.2 Å². The molecule has 0 radical (unpaired) electrons. The van der Waals surface area contributed by atoms with Crippen molar-refractivity contribution in [1.29, 1.82) is 0 Å². The second-order valence-corrected chi connectivity index (χ2v) is 6.97. The highest BCUT2D eigenvalue weighted by atomic mass is 19.4. The molecule has 2 fully saturated rings. The summed E-state index contributed by atoms with van der Waals surface area (Å²) in [5, 5.41) is 3.03. The highest BCUT2D eigenvalue weighted by Crippen LogP contribution is 2.29. The van der Waals surface area contributed by atoms with Gasteiger partial charge in [0.05, 0.1) is 11.6 Å². The van der Waals surface area contributed by atoms with Gasteiger partial charge < -0.3 is 5.32 Å². The predicted octanol–water partition coefficient (Wildman–Crippen LogP) is 2.49. The third kappa shape index (κ3) is 4.95. The Labute approximate surface area is 146 Å². The number of hydrogen-bond acceptors (Lipinski definition) is 3. The van der Waals surface area contributed by atoms with Crippen LogP contribution in [-0.2, 0) is 17.5 Å². The van der Waals surface area contributed by atoms with E-state index in [2.05, 4.69) is 15.1 Å². The van der Waals surface area contributed by atoms with E-state index in [-0.39, 0.29) is 11.9 Å². The number of hydrogen-bond donors (Lipinski definition) is 1. The Hall–Kier alpha value is -1.60. The van der Waals surface area contributed by atoms with E-state index < -0.39 is 11.7 Å². The van der Waals surface area contributed by atoms with E-state index in [0.29, 0.717) is 12.6 Å². The second-order valence-electron chi connectivity index (χ2n) is 6.97. The number of carbonyl (C=O) groups is 1. The van der Waals surface area contributed by atoms with Gasteiger partial charge in [0.25, 0.3) is 0 Å². The van der Waals surface area contributed by atoms with Gasteiger partial charge in [-0.3, -0.25) is 14.6 Å². The van der Waals surface area contributed by atoms with E-state index in [9.17, 15) is 18.0 Å². The largest absolute Gasteiger partial charge is 0.416 e. The summed E-state index contributed by atoms with van der Waals surface area (Å²) in [7, 11) is 0. The van der Waals surface area contributed by atoms with Crippen molar-refractivity contribution in [2.75, 3.05) is 26.2 Å². The van der Waals surface area contributed by atoms with Crippen molar-refractivity contribution in [3.05, 3.63) is 35.4 Å². The molecule has 1 aromatic carbocycles. The Balaban J connectivity index is 1.46. The number of nitrogens with zero attached hydrogens (tertiary/aromatic N) is 2. The third-order valence-corrected chi connectivity index (χ3v) is 4.95. The SMILES string of the molecule is CC(C(=O)NC1CC1)N1CCN(Cc2ccc(C(F)(F)F)cc2)CC1. The van der Waals surface area contributed by atoms with Crippen LogP contribution in [0.5, 0.6) is 0 Å². The Morgan fingerprint density at radius 1 is 1.16 bits per heavy atom. The first kappa shape index (κ1) is 18.2. The van der Waals surface area contributed by atoms with E-state index in [1.165, 1.54) is 0 Å². The van der Waals surface area contributed by atoms with Crippen LogP contribution >= 0.6 is 0 Å². The van der Waals surface area contributed by atoms with Crippen LogP contribution in [-0.4, -0.2) is 54.0 Å². The first-order chi connectivity index (χ1) is 11.8. The zero-order chi connectivity index (χ0) is 18.0. The molecule has 0 aromatic heterocycles. The van der Waals surface area contributed by atoms with Gasteiger partial charge in [-0.05, 0) is 37.5 Å². The number of benzene rings is 1. The molecule has 1 heterocycles. The summed E-state index contributed by atoms with van der Waals surface area (Å²) in [6.45, 7) is 5.77. The fourth-order valence-corrected chi connectivity index (χ4v) is 3.08. The monoisotopic (exact) mass is 355 g/mol. The molecule has 1 aliphatic carbocycles. The zero-order valence-corrected chi connectivity index (χ0v) is 14.4. The summed E-state index contributed by atoms with van der Waals surface area (Å²) in [4.78, 5) is 16.5. The van der Waals surface area contributed by atoms with Crippen LogP contribution in [0.2, 0.25) is 0 Å². The number of piperazine rings is 1. The molecule has 0 bridgehead atoms. The lowest BCUT2D eigenvalue weighted by atomic mass is 10.1. The highest BCUT2D eigenvalue weighted by molar-refractivity contribution is 5.81. The van der Waals surface area contributed by atoms with E-state index >= 15 is 0 Å². The molecule has 7 heteroatoms. The summed E-state index contributed by atoms with van der Waals surface area (Å²) in [5.41, 5.74) is 0.262. The van der Waals surface area contributed by atoms with Crippen molar-refractivity contribution >= 4 is 5.91 Å². The van der Waals surface area contributed by atoms with Gasteiger partial charge in [0.15, 0.2) is 0 Å². The summed E-state index contributed by atoms with van der Waals surface area (Å²) in [6.07, 6.45) is -2.12. The molecule has 4 nitrogen and oxygen atoms in total. The maximum atomic E-state index is 12.6. The van der Waals surface area contributed by atoms with Crippen LogP contribution in [0, 0.1) is 0 Å². The molecule has 3 rings (SSSR count). The lowest BCUT2D eigenvalue weighted by Gasteiger charge is -2.37. The predicted molar refractivity (Wildman–Crippen MR) is 88.9 cm³/mol. The Morgan fingerprint density at radius 3 is 2.28 bits per heavy atom. The van der Waals surface area contributed by atoms with Crippen molar-refractivity contribution in [1.82, 2.24) is 15.1 Å². The molecular weight excluding hydrogens is 331 g/mol. The average Bonchev–Trinajstić information content (AvgIpc) is 3.38. The molecule has 1 aliphatic heterocycles. The fourth-order valence-electron chi connectivity index (χ4n) is 3.08. The molecule has 1 amide bonds. The molecular formula is C18H24F3N3O. The lowest BCUT2D eigenvalue weighted by molar-refractivity contribution is -0.137. The normalized spacial score (nSPS) is 21.1. The highest BCUT2D eigenvalue weighted by Gasteiger charge is 2.31. The first-order valence-electron chi connectivity index (χ1n) is 8.76. The number of amides is 1. The molecule has 138 valence electrons. The van der Waals surface area contributed by atoms with Gasteiger partial charge in [-0.25, -0.2) is 0 Å². The number of rotatable bonds is 5. The Kier molecular flexibility index (Phi) is 5.34. The van der Waals surface area contributed by atoms with Crippen LogP contribution in [0.15, 0.2) is 24.3 Å². The molecule has 1 saturated heterocycles. The molecule has 1 aromatic rings. The molecule has 1 N–H and O–H groups in total. The molecule has 1 unspecified atom stereocenters. The van der Waals surface area contributed by atoms with Gasteiger partial charge >= 0.3 is 6.18 Å². The summed E-state index contributed by atoms with van der Waals surface area (Å²) >= 11 is 0. The second kappa shape index (κ2) is 7.33. The van der Waals surface area contributed by atoms with Crippen LogP contribution in [0.3, 0.4) is 0 Å². The van der Waals surface area contributed by atoms with Crippen LogP contribution in [0.25, 0.3) is 0 Å². The smallest absolute Gasteiger partial charge is 0.352 e. The minimum absolute atomic E-state index is 0.0960. The van der Waals surface area contributed by atoms with E-state index in [4.69, 9.17) is 0 Å². The number of alkyl halides is 3. The molecule has 25 heavy (non-hydrogen) atoms. The van der Waals surface area contributed by atoms with E-state index in [1.54, 1.807) is 12.1 Å². The summed E-state index contributed by atoms with van der Waals surface area (Å²) < 4.78 is 37.8. The maximum absolute atomic E-state index is 12.6. The van der Waals surface area contributed by atoms with E-state index in [1.807, 2.05) is 6.92 Å². The van der Waals surface area contributed by atoms with Crippen molar-refractivity contribution < 1.29 is 18.0 Å². The van der Waals surface area contributed by atoms with Crippen LogP contribution in [0.4, 0.5) is 13.2 Å². The minimum Gasteiger partial charge on any atom is -0.352 e. The van der Waals surface area contributed by atoms with Crippen molar-refractivity contribution in [3.8, 4) is 0 Å². The quantitative estimate of drug-likeness (QED) is 0.882. The van der Waals surface area contributed by atoms with Gasteiger partial charge in [0.1, 0.15) is 0 Å². The molecule has 2 aliphatic rings. The van der Waals surface area contributed by atoms with Crippen LogP contribution < -0.4 is 5.32 Å². The first-order valence-corrected chi connectivity index (χ1v) is 8.76. The van der Waals surface area contributed by atoms with Gasteiger partial charge in [0.2, 0.25) is 5.91 Å². The zero-order valence-electron chi connectivity index (χ0n) is 14.4. The van der Waals surface area contributed by atoms with E-state index in [0.717, 1.165) is 56.7 Å². The number of halogens is 3. The van der Waals surface area contributed by atoms with Crippen LogP contribution in [0.1, 0.15) is 30.9 Å². The maximum Gasteiger partial charge on any atom is 0.416 e. The van der Waals surface area contributed by atoms with Crippen molar-refractivity contribution in [3.63, 3.8) is 0 Å². The lowest BCUT2D eigenvalue weighted by Crippen LogP contribution is -2.53. The van der Waals surface area contributed by atoms with Crippen molar-refractivity contribution in [2.24, 2.45) is 0 Å². The summed E-state index contributed by atoms with van der Waals surface area (Å²) in [5.74, 6) is 0.0960. The fraction of sp³-hybridized carbons (Fsp3) is 0.611. The minimum atomic E-state index is -4.29. The third-order valence-electron chi connectivity index (χ3n) is 4.95. The van der Waals surface area contributed by atoms with Gasteiger partial charge in [-0.15, -0.1) is 0 Å². The average molecular weight is 355 g/mol. The molecule has 1 atom stereocenters. The van der Waals surface area contributed by atoms with Crippen molar-refractivity contribution in [2.45, 2.75) is 44.6 Å². The number of nitrogens with one attached hydrogen (secondary N) is 1. The Morgan fingerprint density at radius 2 is 1.76 bits per heavy atom. The standard InChI is InChI=1S/C18H24F3N3O/c1-13(17(25)22-16-6-7-16)24-10-8-23(9-11-24)12-14-2-4-15(5-3-14)18(19,20)21/h2-5,13,16H,6-12H2,1H3,(H,22,25). The molecule has 0 spiro atoms. The topological polar surface area (TPSA) is 35.6 Å². The molecule has 1 saturated carbocycles. The number of carbonyl (C=O) groups excluding carboxylic acids is 1. The summed E-state index contributed by atoms with van der Waals surface area (Å²) in [6, 6.07) is 5.60. The Bertz CT molecular complexity index is 591. The van der Waals surface area contributed by atoms with Gasteiger partial charge in [0, 0.05) is 38.8 Å².